The lowest BCUT2D eigenvalue weighted by Crippen LogP contribution is -2.49. The van der Waals surface area contributed by atoms with E-state index in [0.717, 1.165) is 17.4 Å². The molecule has 0 aromatic heterocycles. The smallest absolute Gasteiger partial charge is 0.255 e. The Kier molecular flexibility index (Phi) is 3.84. The number of piperidine rings is 1. The predicted molar refractivity (Wildman–Crippen MR) is 71.8 cm³/mol. The van der Waals surface area contributed by atoms with E-state index in [-0.39, 0.29) is 11.9 Å². The largest absolute Gasteiger partial charge is 0.337 e. The van der Waals surface area contributed by atoms with Gasteiger partial charge in [0.1, 0.15) is 0 Å². The highest BCUT2D eigenvalue weighted by molar-refractivity contribution is 9.10. The second-order valence-electron chi connectivity index (χ2n) is 4.66. The van der Waals surface area contributed by atoms with Gasteiger partial charge in [-0.15, -0.1) is 0 Å². The molecular weight excluding hydrogens is 280 g/mol. The molecule has 92 valence electrons. The summed E-state index contributed by atoms with van der Waals surface area (Å²) in [5.41, 5.74) is 6.73. The average molecular weight is 297 g/mol. The van der Waals surface area contributed by atoms with Crippen molar-refractivity contribution >= 4 is 21.8 Å². The Morgan fingerprint density at radius 3 is 2.82 bits per heavy atom. The van der Waals surface area contributed by atoms with Crippen LogP contribution in [0.15, 0.2) is 28.7 Å². The van der Waals surface area contributed by atoms with Gasteiger partial charge in [0.15, 0.2) is 0 Å². The quantitative estimate of drug-likeness (QED) is 0.864. The number of carbonyl (C=O) groups excluding carboxylic acids is 1. The topological polar surface area (TPSA) is 46.3 Å². The zero-order chi connectivity index (χ0) is 12.4. The molecule has 2 N–H and O–H groups in total. The van der Waals surface area contributed by atoms with E-state index < -0.39 is 0 Å². The highest BCUT2D eigenvalue weighted by Crippen LogP contribution is 2.21. The van der Waals surface area contributed by atoms with Gasteiger partial charge in [0, 0.05) is 23.6 Å². The minimum atomic E-state index is 0.0693. The number of hydrogen-bond acceptors (Lipinski definition) is 2. The first-order valence-corrected chi connectivity index (χ1v) is 6.68. The molecule has 17 heavy (non-hydrogen) atoms. The van der Waals surface area contributed by atoms with E-state index in [2.05, 4.69) is 22.9 Å². The maximum atomic E-state index is 12.3. The van der Waals surface area contributed by atoms with Crippen LogP contribution in [0, 0.1) is 5.92 Å². The van der Waals surface area contributed by atoms with Gasteiger partial charge in [0.25, 0.3) is 5.91 Å². The number of benzene rings is 1. The highest BCUT2D eigenvalue weighted by Gasteiger charge is 2.27. The van der Waals surface area contributed by atoms with Gasteiger partial charge in [-0.25, -0.2) is 0 Å². The van der Waals surface area contributed by atoms with Gasteiger partial charge in [0.05, 0.1) is 5.56 Å². The summed E-state index contributed by atoms with van der Waals surface area (Å²) in [4.78, 5) is 14.2. The molecule has 0 radical (unpaired) electrons. The second kappa shape index (κ2) is 5.19. The van der Waals surface area contributed by atoms with E-state index in [1.54, 1.807) is 0 Å². The van der Waals surface area contributed by atoms with Crippen LogP contribution in [0.3, 0.4) is 0 Å². The molecule has 1 amide bonds. The normalized spacial score (nSPS) is 24.8. The number of halogens is 1. The van der Waals surface area contributed by atoms with Gasteiger partial charge in [-0.05, 0) is 40.4 Å². The number of hydrogen-bond donors (Lipinski definition) is 1. The molecule has 2 unspecified atom stereocenters. The van der Waals surface area contributed by atoms with Gasteiger partial charge in [-0.2, -0.15) is 0 Å². The van der Waals surface area contributed by atoms with E-state index in [9.17, 15) is 4.79 Å². The van der Waals surface area contributed by atoms with E-state index in [1.807, 2.05) is 29.2 Å². The van der Waals surface area contributed by atoms with E-state index >= 15 is 0 Å². The van der Waals surface area contributed by atoms with Crippen molar-refractivity contribution < 1.29 is 4.79 Å². The fourth-order valence-electron chi connectivity index (χ4n) is 2.09. The molecule has 0 spiro atoms. The van der Waals surface area contributed by atoms with E-state index in [1.165, 1.54) is 0 Å². The van der Waals surface area contributed by atoms with Crippen LogP contribution in [-0.4, -0.2) is 29.9 Å². The zero-order valence-electron chi connectivity index (χ0n) is 9.90. The van der Waals surface area contributed by atoms with Crippen molar-refractivity contribution in [2.24, 2.45) is 11.7 Å². The summed E-state index contributed by atoms with van der Waals surface area (Å²) in [6.07, 6.45) is 0.983. The Morgan fingerprint density at radius 2 is 2.18 bits per heavy atom. The van der Waals surface area contributed by atoms with Crippen LogP contribution in [0.25, 0.3) is 0 Å². The predicted octanol–water partition coefficient (Wildman–Crippen LogP) is 2.26. The number of nitrogens with zero attached hydrogens (tertiary/aromatic N) is 1. The van der Waals surface area contributed by atoms with Crippen molar-refractivity contribution in [3.63, 3.8) is 0 Å². The minimum absolute atomic E-state index is 0.0693. The first kappa shape index (κ1) is 12.6. The van der Waals surface area contributed by atoms with E-state index in [4.69, 9.17) is 5.73 Å². The summed E-state index contributed by atoms with van der Waals surface area (Å²) in [5.74, 6) is 0.568. The number of nitrogens with two attached hydrogens (primary N) is 1. The summed E-state index contributed by atoms with van der Waals surface area (Å²) in [6.45, 7) is 3.60. The number of amides is 1. The summed E-state index contributed by atoms with van der Waals surface area (Å²) in [6, 6.07) is 7.61. The van der Waals surface area contributed by atoms with Gasteiger partial charge in [-0.1, -0.05) is 19.1 Å². The van der Waals surface area contributed by atoms with Gasteiger partial charge in [-0.3, -0.25) is 4.79 Å². The van der Waals surface area contributed by atoms with Crippen molar-refractivity contribution in [1.82, 2.24) is 4.90 Å². The number of likely N-dealkylation sites (tertiary alicyclic amines) is 1. The maximum Gasteiger partial charge on any atom is 0.255 e. The monoisotopic (exact) mass is 296 g/mol. The van der Waals surface area contributed by atoms with Crippen molar-refractivity contribution in [3.05, 3.63) is 34.3 Å². The molecule has 2 atom stereocenters. The standard InChI is InChI=1S/C13H17BrN2O/c1-9-6-7-16(8-12(9)15)13(17)10-4-2-3-5-11(10)14/h2-5,9,12H,6-8,15H2,1H3. The van der Waals surface area contributed by atoms with Crippen LogP contribution in [0.5, 0.6) is 0 Å². The SMILES string of the molecule is CC1CCN(C(=O)c2ccccc2Br)CC1N. The zero-order valence-corrected chi connectivity index (χ0v) is 11.5. The first-order chi connectivity index (χ1) is 8.09. The van der Waals surface area contributed by atoms with Crippen LogP contribution >= 0.6 is 15.9 Å². The molecule has 4 heteroatoms. The summed E-state index contributed by atoms with van der Waals surface area (Å²) >= 11 is 3.41. The van der Waals surface area contributed by atoms with Crippen molar-refractivity contribution in [3.8, 4) is 0 Å². The van der Waals surface area contributed by atoms with Gasteiger partial charge < -0.3 is 10.6 Å². The van der Waals surface area contributed by atoms with Crippen LogP contribution in [0.4, 0.5) is 0 Å². The lowest BCUT2D eigenvalue weighted by atomic mass is 9.94. The Morgan fingerprint density at radius 1 is 1.47 bits per heavy atom. The molecule has 1 heterocycles. The molecule has 0 bridgehead atoms. The third-order valence-corrected chi connectivity index (χ3v) is 4.10. The molecule has 1 aromatic rings. The average Bonchev–Trinajstić information content (AvgIpc) is 2.32. The molecule has 0 saturated carbocycles. The van der Waals surface area contributed by atoms with Crippen LogP contribution in [0.2, 0.25) is 0 Å². The molecule has 0 aliphatic carbocycles. The molecular formula is C13H17BrN2O. The Balaban J connectivity index is 2.14. The first-order valence-electron chi connectivity index (χ1n) is 5.89. The van der Waals surface area contributed by atoms with Gasteiger partial charge in [0.2, 0.25) is 0 Å². The minimum Gasteiger partial charge on any atom is -0.337 e. The van der Waals surface area contributed by atoms with Crippen molar-refractivity contribution in [2.45, 2.75) is 19.4 Å². The lowest BCUT2D eigenvalue weighted by molar-refractivity contribution is 0.0671. The van der Waals surface area contributed by atoms with Crippen LogP contribution in [-0.2, 0) is 0 Å². The second-order valence-corrected chi connectivity index (χ2v) is 5.52. The van der Waals surface area contributed by atoms with Crippen LogP contribution in [0.1, 0.15) is 23.7 Å². The molecule has 2 rings (SSSR count). The molecule has 1 aliphatic rings. The number of carbonyl (C=O) groups is 1. The summed E-state index contributed by atoms with van der Waals surface area (Å²) < 4.78 is 0.845. The summed E-state index contributed by atoms with van der Waals surface area (Å²) in [7, 11) is 0. The third-order valence-electron chi connectivity index (χ3n) is 3.41. The fourth-order valence-corrected chi connectivity index (χ4v) is 2.54. The highest BCUT2D eigenvalue weighted by atomic mass is 79.9. The number of rotatable bonds is 1. The lowest BCUT2D eigenvalue weighted by Gasteiger charge is -2.35. The molecule has 1 aliphatic heterocycles. The molecule has 3 nitrogen and oxygen atoms in total. The van der Waals surface area contributed by atoms with Crippen molar-refractivity contribution in [1.29, 1.82) is 0 Å². The Labute approximate surface area is 110 Å². The molecule has 1 fully saturated rings. The fraction of sp³-hybridized carbons (Fsp3) is 0.462. The van der Waals surface area contributed by atoms with Crippen molar-refractivity contribution in [2.75, 3.05) is 13.1 Å². The van der Waals surface area contributed by atoms with Gasteiger partial charge >= 0.3 is 0 Å². The Bertz CT molecular complexity index is 422. The molecule has 1 aromatic carbocycles. The van der Waals surface area contributed by atoms with Crippen LogP contribution < -0.4 is 5.73 Å². The Hall–Kier alpha value is -0.870. The maximum absolute atomic E-state index is 12.3. The van der Waals surface area contributed by atoms with E-state index in [0.29, 0.717) is 18.0 Å². The third kappa shape index (κ3) is 2.69. The summed E-state index contributed by atoms with van der Waals surface area (Å²) in [5, 5.41) is 0. The molecule has 1 saturated heterocycles.